The maximum atomic E-state index is 13.0. The predicted molar refractivity (Wildman–Crippen MR) is 109 cm³/mol. The van der Waals surface area contributed by atoms with Crippen LogP contribution >= 0.6 is 11.6 Å². The minimum absolute atomic E-state index is 0.174. The average molecular weight is 404 g/mol. The molecule has 0 fully saturated rings. The Kier molecular flexibility index (Phi) is 6.04. The van der Waals surface area contributed by atoms with Gasteiger partial charge in [0.1, 0.15) is 22.8 Å². The molecule has 1 aliphatic rings. The van der Waals surface area contributed by atoms with Crippen molar-refractivity contribution < 1.29 is 19.0 Å². The van der Waals surface area contributed by atoms with Crippen LogP contribution in [0.4, 0.5) is 0 Å². The molecule has 0 saturated carbocycles. The number of hydrogen-bond donors (Lipinski definition) is 1. The molecule has 1 heterocycles. The van der Waals surface area contributed by atoms with E-state index in [1.165, 1.54) is 0 Å². The van der Waals surface area contributed by atoms with Crippen LogP contribution in [0.15, 0.2) is 42.5 Å². The fraction of sp³-hybridized carbons (Fsp3) is 0.409. The third-order valence-electron chi connectivity index (χ3n) is 4.76. The summed E-state index contributed by atoms with van der Waals surface area (Å²) in [4.78, 5) is 13.0. The molecule has 6 heteroatoms. The van der Waals surface area contributed by atoms with Gasteiger partial charge in [-0.1, -0.05) is 30.7 Å². The van der Waals surface area contributed by atoms with Gasteiger partial charge in [-0.2, -0.15) is 0 Å². The minimum atomic E-state index is -0.632. The maximum Gasteiger partial charge on any atom is 0.261 e. The summed E-state index contributed by atoms with van der Waals surface area (Å²) in [5.41, 5.74) is 0.517. The van der Waals surface area contributed by atoms with E-state index in [1.807, 2.05) is 51.1 Å². The molecule has 0 saturated heterocycles. The molecule has 0 aliphatic carbocycles. The van der Waals surface area contributed by atoms with E-state index in [0.717, 1.165) is 17.1 Å². The van der Waals surface area contributed by atoms with Gasteiger partial charge in [-0.05, 0) is 44.5 Å². The summed E-state index contributed by atoms with van der Waals surface area (Å²) in [6, 6.07) is 12.6. The molecule has 2 aromatic carbocycles. The Morgan fingerprint density at radius 1 is 1.32 bits per heavy atom. The summed E-state index contributed by atoms with van der Waals surface area (Å²) < 4.78 is 17.3. The highest BCUT2D eigenvalue weighted by atomic mass is 35.5. The minimum Gasteiger partial charge on any atom is -0.497 e. The van der Waals surface area contributed by atoms with Gasteiger partial charge in [-0.15, -0.1) is 0 Å². The van der Waals surface area contributed by atoms with Crippen molar-refractivity contribution in [1.82, 2.24) is 5.32 Å². The third-order valence-corrected chi connectivity index (χ3v) is 5.08. The largest absolute Gasteiger partial charge is 0.497 e. The molecule has 2 atom stereocenters. The first-order chi connectivity index (χ1) is 13.3. The van der Waals surface area contributed by atoms with Crippen molar-refractivity contribution in [2.45, 2.75) is 51.4 Å². The van der Waals surface area contributed by atoms with Crippen molar-refractivity contribution in [1.29, 1.82) is 0 Å². The number of ether oxygens (including phenoxy) is 3. The van der Waals surface area contributed by atoms with Gasteiger partial charge in [0.25, 0.3) is 5.91 Å². The average Bonchev–Trinajstić information content (AvgIpc) is 2.65. The van der Waals surface area contributed by atoms with E-state index in [9.17, 15) is 4.79 Å². The number of amides is 1. The molecule has 1 aliphatic heterocycles. The molecule has 5 nitrogen and oxygen atoms in total. The first-order valence-electron chi connectivity index (χ1n) is 9.41. The summed E-state index contributed by atoms with van der Waals surface area (Å²) in [7, 11) is 1.62. The van der Waals surface area contributed by atoms with Crippen LogP contribution in [0.25, 0.3) is 0 Å². The summed E-state index contributed by atoms with van der Waals surface area (Å²) >= 11 is 6.17. The van der Waals surface area contributed by atoms with Crippen molar-refractivity contribution in [3.8, 4) is 17.2 Å². The Labute approximate surface area is 170 Å². The fourth-order valence-corrected chi connectivity index (χ4v) is 3.55. The zero-order valence-electron chi connectivity index (χ0n) is 16.6. The van der Waals surface area contributed by atoms with Gasteiger partial charge < -0.3 is 19.5 Å². The molecule has 28 heavy (non-hydrogen) atoms. The second-order valence-electron chi connectivity index (χ2n) is 7.48. The monoisotopic (exact) mass is 403 g/mol. The lowest BCUT2D eigenvalue weighted by Crippen LogP contribution is -2.45. The number of fused-ring (bicyclic) bond motifs is 1. The number of nitrogens with one attached hydrogen (secondary N) is 1. The number of benzene rings is 2. The Bertz CT molecular complexity index is 852. The SMILES string of the molecule is CC[C@@H](Oc1ccccc1Cl)C(=O)N[C@H]1CC(C)(C)Oc2cc(OC)ccc21. The number of rotatable bonds is 6. The van der Waals surface area contributed by atoms with Crippen LogP contribution < -0.4 is 19.5 Å². The van der Waals surface area contributed by atoms with Crippen molar-refractivity contribution in [2.75, 3.05) is 7.11 Å². The number of para-hydroxylation sites is 1. The van der Waals surface area contributed by atoms with Crippen LogP contribution in [0.5, 0.6) is 17.2 Å². The summed E-state index contributed by atoms with van der Waals surface area (Å²) in [5, 5.41) is 3.62. The second-order valence-corrected chi connectivity index (χ2v) is 7.88. The molecule has 3 rings (SSSR count). The summed E-state index contributed by atoms with van der Waals surface area (Å²) in [6.45, 7) is 5.92. The van der Waals surface area contributed by atoms with Crippen LogP contribution in [-0.4, -0.2) is 24.7 Å². The van der Waals surface area contributed by atoms with Gasteiger partial charge in [-0.25, -0.2) is 0 Å². The summed E-state index contributed by atoms with van der Waals surface area (Å²) in [6.07, 6.45) is 0.548. The van der Waals surface area contributed by atoms with Crippen LogP contribution in [0.1, 0.15) is 45.2 Å². The number of carbonyl (C=O) groups is 1. The van der Waals surface area contributed by atoms with E-state index in [0.29, 0.717) is 23.6 Å². The van der Waals surface area contributed by atoms with Crippen molar-refractivity contribution in [2.24, 2.45) is 0 Å². The number of hydrogen-bond acceptors (Lipinski definition) is 4. The van der Waals surface area contributed by atoms with E-state index < -0.39 is 11.7 Å². The van der Waals surface area contributed by atoms with Crippen LogP contribution in [0.2, 0.25) is 5.02 Å². The molecule has 1 N–H and O–H groups in total. The van der Waals surface area contributed by atoms with Gasteiger partial charge in [0.05, 0.1) is 18.2 Å². The predicted octanol–water partition coefficient (Wildman–Crippen LogP) is 4.92. The molecule has 0 unspecified atom stereocenters. The number of halogens is 1. The van der Waals surface area contributed by atoms with Gasteiger partial charge in [0, 0.05) is 18.1 Å². The lowest BCUT2D eigenvalue weighted by atomic mass is 9.89. The Morgan fingerprint density at radius 3 is 2.75 bits per heavy atom. The molecule has 1 amide bonds. The van der Waals surface area contributed by atoms with Gasteiger partial charge in [-0.3, -0.25) is 4.79 Å². The normalized spacial score (nSPS) is 18.4. The van der Waals surface area contributed by atoms with Crippen molar-refractivity contribution in [3.05, 3.63) is 53.1 Å². The lowest BCUT2D eigenvalue weighted by molar-refractivity contribution is -0.129. The Balaban J connectivity index is 1.79. The number of carbonyl (C=O) groups excluding carboxylic acids is 1. The molecule has 150 valence electrons. The van der Waals surface area contributed by atoms with Gasteiger partial charge >= 0.3 is 0 Å². The van der Waals surface area contributed by atoms with Crippen LogP contribution in [0, 0.1) is 0 Å². The molecule has 0 bridgehead atoms. The second kappa shape index (κ2) is 8.31. The zero-order valence-corrected chi connectivity index (χ0v) is 17.4. The quantitative estimate of drug-likeness (QED) is 0.743. The maximum absolute atomic E-state index is 13.0. The van der Waals surface area contributed by atoms with E-state index in [-0.39, 0.29) is 11.9 Å². The molecular formula is C22H26ClNO4. The Morgan fingerprint density at radius 2 is 2.07 bits per heavy atom. The molecular weight excluding hydrogens is 378 g/mol. The number of methoxy groups -OCH3 is 1. The Hall–Kier alpha value is -2.40. The highest BCUT2D eigenvalue weighted by molar-refractivity contribution is 6.32. The molecule has 0 aromatic heterocycles. The van der Waals surface area contributed by atoms with E-state index in [2.05, 4.69) is 5.32 Å². The zero-order chi connectivity index (χ0) is 20.3. The van der Waals surface area contributed by atoms with Crippen molar-refractivity contribution in [3.63, 3.8) is 0 Å². The first kappa shape index (κ1) is 20.3. The first-order valence-corrected chi connectivity index (χ1v) is 9.79. The standard InChI is InChI=1S/C22H26ClNO4/c1-5-18(27-19-9-7-6-8-16(19)23)21(25)24-17-13-22(2,3)28-20-12-14(26-4)10-11-15(17)20/h6-12,17-18H,5,13H2,1-4H3,(H,24,25)/t17-,18+/m0/s1. The van der Waals surface area contributed by atoms with E-state index in [1.54, 1.807) is 19.2 Å². The molecule has 0 spiro atoms. The highest BCUT2D eigenvalue weighted by Crippen LogP contribution is 2.41. The third kappa shape index (κ3) is 4.53. The lowest BCUT2D eigenvalue weighted by Gasteiger charge is -2.38. The smallest absolute Gasteiger partial charge is 0.261 e. The highest BCUT2D eigenvalue weighted by Gasteiger charge is 2.36. The fourth-order valence-electron chi connectivity index (χ4n) is 3.37. The van der Waals surface area contributed by atoms with E-state index >= 15 is 0 Å². The van der Waals surface area contributed by atoms with Crippen LogP contribution in [-0.2, 0) is 4.79 Å². The van der Waals surface area contributed by atoms with Gasteiger partial charge in [0.2, 0.25) is 0 Å². The summed E-state index contributed by atoms with van der Waals surface area (Å²) in [5.74, 6) is 1.77. The van der Waals surface area contributed by atoms with Crippen molar-refractivity contribution >= 4 is 17.5 Å². The van der Waals surface area contributed by atoms with Gasteiger partial charge in [0.15, 0.2) is 6.10 Å². The van der Waals surface area contributed by atoms with Crippen LogP contribution in [0.3, 0.4) is 0 Å². The molecule has 0 radical (unpaired) electrons. The van der Waals surface area contributed by atoms with E-state index in [4.69, 9.17) is 25.8 Å². The topological polar surface area (TPSA) is 56.8 Å². The molecule has 2 aromatic rings.